The molecule has 10 heteroatoms. The molecular weight excluding hydrogens is 652 g/mol. The first-order chi connectivity index (χ1) is 24.8. The summed E-state index contributed by atoms with van der Waals surface area (Å²) in [6, 6.07) is 25.7. The number of carbonyl (C=O) groups excluding carboxylic acids is 2. The van der Waals surface area contributed by atoms with Gasteiger partial charge >= 0.3 is 12.2 Å². The van der Waals surface area contributed by atoms with Crippen LogP contribution in [0.1, 0.15) is 84.9 Å². The Morgan fingerprint density at radius 3 is 1.96 bits per heavy atom. The topological polar surface area (TPSA) is 125 Å². The van der Waals surface area contributed by atoms with Crippen molar-refractivity contribution in [2.24, 2.45) is 0 Å². The zero-order valence-electron chi connectivity index (χ0n) is 30.9. The third-order valence-corrected chi connectivity index (χ3v) is 9.24. The average Bonchev–Trinajstić information content (AvgIpc) is 3.83. The third kappa shape index (κ3) is 8.06. The number of aromatic amines is 2. The molecule has 3 N–H and O–H groups in total. The number of aromatic nitrogens is 4. The summed E-state index contributed by atoms with van der Waals surface area (Å²) in [6.07, 6.45) is 3.66. The lowest BCUT2D eigenvalue weighted by Gasteiger charge is -2.27. The van der Waals surface area contributed by atoms with Crippen molar-refractivity contribution in [3.8, 4) is 22.3 Å². The van der Waals surface area contributed by atoms with Crippen molar-refractivity contribution in [2.45, 2.75) is 90.9 Å². The van der Waals surface area contributed by atoms with Crippen LogP contribution in [0.3, 0.4) is 0 Å². The van der Waals surface area contributed by atoms with Crippen LogP contribution in [0.15, 0.2) is 72.8 Å². The lowest BCUT2D eigenvalue weighted by Crippen LogP contribution is -2.36. The predicted molar refractivity (Wildman–Crippen MR) is 206 cm³/mol. The van der Waals surface area contributed by atoms with Gasteiger partial charge in [0.2, 0.25) is 0 Å². The minimum Gasteiger partial charge on any atom is -0.444 e. The molecule has 1 atom stereocenters. The second-order valence-corrected chi connectivity index (χ2v) is 15.8. The number of likely N-dealkylation sites (tertiary alicyclic amines) is 1. The number of hydrogen-bond acceptors (Lipinski definition) is 6. The fourth-order valence-corrected chi connectivity index (χ4v) is 6.84. The smallest absolute Gasteiger partial charge is 0.410 e. The Labute approximate surface area is 304 Å². The number of benzene rings is 4. The number of rotatable bonds is 8. The molecule has 2 aromatic heterocycles. The third-order valence-electron chi connectivity index (χ3n) is 9.24. The molecule has 0 radical (unpaired) electrons. The molecule has 0 saturated carbocycles. The highest BCUT2D eigenvalue weighted by Gasteiger charge is 2.35. The van der Waals surface area contributed by atoms with E-state index < -0.39 is 11.2 Å². The lowest BCUT2D eigenvalue weighted by molar-refractivity contribution is 0.0218. The molecule has 1 aliphatic rings. The molecule has 2 amide bonds. The van der Waals surface area contributed by atoms with E-state index in [2.05, 4.69) is 82.0 Å². The van der Waals surface area contributed by atoms with Gasteiger partial charge in [0.25, 0.3) is 0 Å². The predicted octanol–water partition coefficient (Wildman–Crippen LogP) is 9.85. The largest absolute Gasteiger partial charge is 0.444 e. The van der Waals surface area contributed by atoms with E-state index in [9.17, 15) is 9.59 Å². The lowest BCUT2D eigenvalue weighted by atomic mass is 9.97. The normalized spacial score (nSPS) is 15.1. The van der Waals surface area contributed by atoms with Gasteiger partial charge in [-0.2, -0.15) is 0 Å². The Bertz CT molecular complexity index is 2260. The maximum atomic E-state index is 12.9. The Morgan fingerprint density at radius 1 is 0.750 bits per heavy atom. The first kappa shape index (κ1) is 35.0. The Kier molecular flexibility index (Phi) is 9.42. The molecule has 1 unspecified atom stereocenters. The molecule has 0 aliphatic carbocycles. The van der Waals surface area contributed by atoms with E-state index in [1.807, 2.05) is 47.6 Å². The van der Waals surface area contributed by atoms with Crippen molar-refractivity contribution in [2.75, 3.05) is 13.1 Å². The summed E-state index contributed by atoms with van der Waals surface area (Å²) >= 11 is 0. The van der Waals surface area contributed by atoms with Gasteiger partial charge in [-0.05, 0) is 137 Å². The van der Waals surface area contributed by atoms with Crippen LogP contribution in [0.4, 0.5) is 9.59 Å². The zero-order valence-corrected chi connectivity index (χ0v) is 30.9. The zero-order chi connectivity index (χ0) is 36.6. The van der Waals surface area contributed by atoms with Crippen molar-refractivity contribution in [3.63, 3.8) is 0 Å². The molecule has 0 bridgehead atoms. The average molecular weight is 701 g/mol. The molecule has 1 aliphatic heterocycles. The van der Waals surface area contributed by atoms with Crippen LogP contribution in [0.25, 0.3) is 55.1 Å². The number of alkyl carbamates (subject to hydrolysis) is 1. The first-order valence-corrected chi connectivity index (χ1v) is 18.3. The van der Waals surface area contributed by atoms with Gasteiger partial charge in [-0.15, -0.1) is 0 Å². The van der Waals surface area contributed by atoms with Crippen molar-refractivity contribution in [1.82, 2.24) is 30.2 Å². The van der Waals surface area contributed by atoms with Crippen LogP contribution in [-0.2, 0) is 15.9 Å². The van der Waals surface area contributed by atoms with E-state index in [4.69, 9.17) is 19.4 Å². The number of aryl methyl sites for hydroxylation is 1. The maximum absolute atomic E-state index is 12.9. The molecule has 1 fully saturated rings. The highest BCUT2D eigenvalue weighted by Crippen LogP contribution is 2.35. The maximum Gasteiger partial charge on any atom is 0.410 e. The van der Waals surface area contributed by atoms with Crippen molar-refractivity contribution in [3.05, 3.63) is 84.4 Å². The first-order valence-electron chi connectivity index (χ1n) is 18.3. The Hall–Kier alpha value is -5.38. The molecule has 7 rings (SSSR count). The van der Waals surface area contributed by atoms with E-state index >= 15 is 0 Å². The van der Waals surface area contributed by atoms with Crippen molar-refractivity contribution in [1.29, 1.82) is 0 Å². The van der Waals surface area contributed by atoms with E-state index in [0.717, 1.165) is 93.5 Å². The van der Waals surface area contributed by atoms with E-state index in [1.54, 1.807) is 4.90 Å². The van der Waals surface area contributed by atoms with E-state index in [-0.39, 0.29) is 18.2 Å². The van der Waals surface area contributed by atoms with Gasteiger partial charge < -0.3 is 24.8 Å². The summed E-state index contributed by atoms with van der Waals surface area (Å²) in [5, 5.41) is 5.15. The Balaban J connectivity index is 1.02. The molecule has 6 aromatic rings. The van der Waals surface area contributed by atoms with Gasteiger partial charge in [0.15, 0.2) is 0 Å². The molecule has 3 heterocycles. The SMILES string of the molecule is CC(C)(C)OC(=O)NCCCCc1nc2ccc(-c3ccc4cc(-c5ccc6nc(C7CCCN7C(=O)OC(C)(C)C)[nH]c6c5)ccc4c3)cc2[nH]1. The number of nitrogens with zero attached hydrogens (tertiary/aromatic N) is 3. The fraction of sp³-hybridized carbons (Fsp3) is 0.381. The van der Waals surface area contributed by atoms with Gasteiger partial charge in [0.05, 0.1) is 28.1 Å². The highest BCUT2D eigenvalue weighted by atomic mass is 16.6. The van der Waals surface area contributed by atoms with Crippen LogP contribution in [0.5, 0.6) is 0 Å². The number of unbranched alkanes of at least 4 members (excludes halogenated alkanes) is 1. The van der Waals surface area contributed by atoms with Crippen LogP contribution >= 0.6 is 0 Å². The Morgan fingerprint density at radius 2 is 1.33 bits per heavy atom. The van der Waals surface area contributed by atoms with Gasteiger partial charge in [0.1, 0.15) is 22.9 Å². The molecule has 0 spiro atoms. The number of hydrogen-bond donors (Lipinski definition) is 3. The molecule has 270 valence electrons. The molecule has 52 heavy (non-hydrogen) atoms. The van der Waals surface area contributed by atoms with E-state index in [1.165, 1.54) is 5.39 Å². The second-order valence-electron chi connectivity index (χ2n) is 15.8. The number of imidazole rings is 2. The van der Waals surface area contributed by atoms with Gasteiger partial charge in [-0.3, -0.25) is 4.90 Å². The number of amides is 2. The van der Waals surface area contributed by atoms with Crippen molar-refractivity contribution < 1.29 is 19.1 Å². The number of ether oxygens (including phenoxy) is 2. The van der Waals surface area contributed by atoms with Gasteiger partial charge in [0, 0.05) is 19.5 Å². The number of nitrogens with one attached hydrogen (secondary N) is 3. The van der Waals surface area contributed by atoms with Crippen molar-refractivity contribution >= 4 is 45.0 Å². The van der Waals surface area contributed by atoms with E-state index in [0.29, 0.717) is 13.1 Å². The standard InChI is InChI=1S/C42H48N6O4/c1-41(2,3)51-39(49)43-20-8-7-11-37-44-32-18-16-30(24-34(32)45-37)28-14-12-27-23-29(15-13-26(27)22-28)31-17-19-33-35(25-31)47-38(46-33)36-10-9-21-48(36)40(50)52-42(4,5)6/h12-19,22-25,36H,7-11,20-21H2,1-6H3,(H,43,49)(H,44,45)(H,46,47). The van der Waals surface area contributed by atoms with Crippen LogP contribution in [0.2, 0.25) is 0 Å². The second kappa shape index (κ2) is 14.0. The summed E-state index contributed by atoms with van der Waals surface area (Å²) in [5.74, 6) is 1.75. The molecule has 4 aromatic carbocycles. The van der Waals surface area contributed by atoms with Gasteiger partial charge in [-0.25, -0.2) is 19.6 Å². The fourth-order valence-electron chi connectivity index (χ4n) is 6.84. The quantitative estimate of drug-likeness (QED) is 0.136. The number of carbonyl (C=O) groups is 2. The van der Waals surface area contributed by atoms with Gasteiger partial charge in [-0.1, -0.05) is 36.4 Å². The molecular formula is C42H48N6O4. The molecule has 1 saturated heterocycles. The summed E-state index contributed by atoms with van der Waals surface area (Å²) in [6.45, 7) is 12.5. The minimum atomic E-state index is -0.541. The number of fused-ring (bicyclic) bond motifs is 3. The van der Waals surface area contributed by atoms with Crippen LogP contribution < -0.4 is 5.32 Å². The highest BCUT2D eigenvalue weighted by molar-refractivity contribution is 5.93. The monoisotopic (exact) mass is 700 g/mol. The summed E-state index contributed by atoms with van der Waals surface area (Å²) in [4.78, 5) is 43.2. The summed E-state index contributed by atoms with van der Waals surface area (Å²) < 4.78 is 11.0. The molecule has 10 nitrogen and oxygen atoms in total. The van der Waals surface area contributed by atoms with Crippen LogP contribution in [-0.4, -0.2) is 61.3 Å². The summed E-state index contributed by atoms with van der Waals surface area (Å²) in [7, 11) is 0. The summed E-state index contributed by atoms with van der Waals surface area (Å²) in [5.41, 5.74) is 7.25. The number of H-pyrrole nitrogens is 2. The minimum absolute atomic E-state index is 0.122. The van der Waals surface area contributed by atoms with Crippen LogP contribution in [0, 0.1) is 0 Å².